The minimum Gasteiger partial charge on any atom is -0.251 e. The van der Waals surface area contributed by atoms with Gasteiger partial charge in [0.1, 0.15) is 0 Å². The minimum absolute atomic E-state index is 0.0451. The fourth-order valence-corrected chi connectivity index (χ4v) is 0.0825. The molecule has 6 heavy (non-hydrogen) atoms. The molecule has 0 radical (unpaired) electrons. The van der Waals surface area contributed by atoms with Gasteiger partial charge in [-0.2, -0.15) is 0 Å². The predicted octanol–water partition coefficient (Wildman–Crippen LogP) is 1.27. The summed E-state index contributed by atoms with van der Waals surface area (Å²) in [5, 5.41) is 2.90. The standard InChI is InChI=1S/C2H4FN3/c3-1-2-5-6-4/h1-2H2/i3+0. The molecule has 0 aromatic heterocycles. The number of hydrogen-bond acceptors (Lipinski definition) is 1. The Hall–Kier alpha value is -0.760. The van der Waals surface area contributed by atoms with Gasteiger partial charge in [0.05, 0.1) is 13.2 Å². The van der Waals surface area contributed by atoms with E-state index >= 15 is 0 Å². The molecule has 0 aliphatic carbocycles. The van der Waals surface area contributed by atoms with Crippen LogP contribution in [0.2, 0.25) is 0 Å². The van der Waals surface area contributed by atoms with Crippen molar-refractivity contribution in [3.63, 3.8) is 0 Å². The minimum atomic E-state index is -0.565. The van der Waals surface area contributed by atoms with Crippen molar-refractivity contribution in [3.8, 4) is 0 Å². The summed E-state index contributed by atoms with van der Waals surface area (Å²) < 4.78 is 10.9. The lowest BCUT2D eigenvalue weighted by Crippen LogP contribution is -1.74. The average molecular weight is 89.1 g/mol. The van der Waals surface area contributed by atoms with Crippen LogP contribution in [0.4, 0.5) is 4.39 Å². The fraction of sp³-hybridized carbons (Fsp3) is 1.00. The molecule has 0 saturated heterocycles. The first-order chi connectivity index (χ1) is 2.91. The van der Waals surface area contributed by atoms with Gasteiger partial charge in [-0.15, -0.1) is 0 Å². The monoisotopic (exact) mass is 89.0 g/mol. The molecule has 0 unspecified atom stereocenters. The van der Waals surface area contributed by atoms with E-state index in [1.54, 1.807) is 0 Å². The molecule has 0 aliphatic rings. The Morgan fingerprint density at radius 3 is 2.67 bits per heavy atom. The first-order valence-corrected chi connectivity index (χ1v) is 1.48. The fourth-order valence-electron chi connectivity index (χ4n) is 0.0825. The normalized spacial score (nSPS) is 6.83. The van der Waals surface area contributed by atoms with Crippen molar-refractivity contribution >= 4 is 0 Å². The molecular formula is C2H4FN3. The van der Waals surface area contributed by atoms with Gasteiger partial charge in [-0.05, 0) is 5.53 Å². The second-order valence-corrected chi connectivity index (χ2v) is 0.643. The Morgan fingerprint density at radius 2 is 2.50 bits per heavy atom. The Labute approximate surface area is 34.4 Å². The first-order valence-electron chi connectivity index (χ1n) is 1.48. The number of nitrogens with zero attached hydrogens (tertiary/aromatic N) is 3. The van der Waals surface area contributed by atoms with Crippen LogP contribution in [0, 0.1) is 0 Å². The molecule has 34 valence electrons. The molecule has 3 nitrogen and oxygen atoms in total. The Bertz CT molecular complexity index is 65.2. The summed E-state index contributed by atoms with van der Waals surface area (Å²) in [6.45, 7) is -0.611. The molecule has 0 aliphatic heterocycles. The topological polar surface area (TPSA) is 48.8 Å². The summed E-state index contributed by atoms with van der Waals surface area (Å²) in [5.41, 5.74) is 7.49. The van der Waals surface area contributed by atoms with E-state index in [0.29, 0.717) is 0 Å². The maximum atomic E-state index is 10.9. The van der Waals surface area contributed by atoms with Crippen LogP contribution < -0.4 is 0 Å². The molecule has 0 saturated carbocycles. The molecular weight excluding hydrogens is 85.0 g/mol. The van der Waals surface area contributed by atoms with Gasteiger partial charge in [-0.3, -0.25) is 4.39 Å². The molecule has 0 heterocycles. The number of rotatable bonds is 2. The van der Waals surface area contributed by atoms with Gasteiger partial charge in [0.25, 0.3) is 0 Å². The second-order valence-electron chi connectivity index (χ2n) is 0.643. The van der Waals surface area contributed by atoms with Crippen LogP contribution >= 0.6 is 0 Å². The maximum Gasteiger partial charge on any atom is 0.0950 e. The van der Waals surface area contributed by atoms with Crippen molar-refractivity contribution in [2.45, 2.75) is 0 Å². The first kappa shape index (κ1) is 5.24. The highest BCUT2D eigenvalue weighted by molar-refractivity contribution is 4.41. The molecule has 0 rings (SSSR count). The Balaban J connectivity index is 2.86. The van der Waals surface area contributed by atoms with E-state index in [-0.39, 0.29) is 6.54 Å². The third-order valence-electron chi connectivity index (χ3n) is 0.248. The average Bonchev–Trinajstić information content (AvgIpc) is 1.61. The quantitative estimate of drug-likeness (QED) is 0.278. The van der Waals surface area contributed by atoms with Crippen LogP contribution in [0.15, 0.2) is 5.11 Å². The summed E-state index contributed by atoms with van der Waals surface area (Å²) in [4.78, 5) is 2.31. The van der Waals surface area contributed by atoms with Gasteiger partial charge < -0.3 is 0 Å². The molecule has 0 aromatic rings. The largest absolute Gasteiger partial charge is 0.251 e. The summed E-state index contributed by atoms with van der Waals surface area (Å²) in [5.74, 6) is 0. The van der Waals surface area contributed by atoms with Crippen molar-refractivity contribution in [3.05, 3.63) is 10.4 Å². The van der Waals surface area contributed by atoms with Gasteiger partial charge in [0.2, 0.25) is 0 Å². The van der Waals surface area contributed by atoms with Gasteiger partial charge in [-0.25, -0.2) is 0 Å². The summed E-state index contributed by atoms with van der Waals surface area (Å²) in [6.07, 6.45) is 0. The van der Waals surface area contributed by atoms with Gasteiger partial charge in [0.15, 0.2) is 0 Å². The van der Waals surface area contributed by atoms with Gasteiger partial charge >= 0.3 is 0 Å². The zero-order chi connectivity index (χ0) is 4.83. The van der Waals surface area contributed by atoms with Crippen LogP contribution in [0.3, 0.4) is 0 Å². The number of hydrogen-bond donors (Lipinski definition) is 0. The maximum absolute atomic E-state index is 10.9. The zero-order valence-corrected chi connectivity index (χ0v) is 3.13. The zero-order valence-electron chi connectivity index (χ0n) is 3.13. The number of alkyl halides is 1. The van der Waals surface area contributed by atoms with E-state index in [9.17, 15) is 4.39 Å². The molecule has 0 fully saturated rings. The lowest BCUT2D eigenvalue weighted by atomic mass is 10.8. The predicted molar refractivity (Wildman–Crippen MR) is 20.0 cm³/mol. The lowest BCUT2D eigenvalue weighted by Gasteiger charge is -1.68. The van der Waals surface area contributed by atoms with Crippen molar-refractivity contribution in [2.24, 2.45) is 5.11 Å². The van der Waals surface area contributed by atoms with Crippen LogP contribution in [-0.2, 0) is 0 Å². The Kier molecular flexibility index (Phi) is 3.70. The number of azide groups is 1. The highest BCUT2D eigenvalue weighted by Crippen LogP contribution is 1.69. The van der Waals surface area contributed by atoms with Gasteiger partial charge in [0, 0.05) is 4.91 Å². The van der Waals surface area contributed by atoms with Crippen molar-refractivity contribution in [1.29, 1.82) is 0 Å². The second kappa shape index (κ2) is 4.24. The van der Waals surface area contributed by atoms with Crippen molar-refractivity contribution < 1.29 is 4.39 Å². The molecule has 0 bridgehead atoms. The van der Waals surface area contributed by atoms with E-state index in [0.717, 1.165) is 0 Å². The molecule has 0 amide bonds. The third kappa shape index (κ3) is 3.24. The molecule has 0 spiro atoms. The lowest BCUT2D eigenvalue weighted by molar-refractivity contribution is 0.503. The van der Waals surface area contributed by atoms with E-state index in [4.69, 9.17) is 5.53 Å². The molecule has 0 N–H and O–H groups in total. The summed E-state index contributed by atoms with van der Waals surface area (Å²) in [7, 11) is 0. The summed E-state index contributed by atoms with van der Waals surface area (Å²) >= 11 is 0. The van der Waals surface area contributed by atoms with E-state index in [2.05, 4.69) is 10.0 Å². The van der Waals surface area contributed by atoms with Crippen molar-refractivity contribution in [1.82, 2.24) is 0 Å². The van der Waals surface area contributed by atoms with Crippen LogP contribution in [0.1, 0.15) is 0 Å². The molecule has 4 heteroatoms. The number of halogens is 1. The van der Waals surface area contributed by atoms with Crippen LogP contribution in [0.5, 0.6) is 0 Å². The van der Waals surface area contributed by atoms with E-state index in [1.165, 1.54) is 0 Å². The third-order valence-corrected chi connectivity index (χ3v) is 0.248. The van der Waals surface area contributed by atoms with Crippen LogP contribution in [0.25, 0.3) is 10.4 Å². The smallest absolute Gasteiger partial charge is 0.0950 e. The highest BCUT2D eigenvalue weighted by Gasteiger charge is 1.69. The van der Waals surface area contributed by atoms with Crippen LogP contribution in [-0.4, -0.2) is 13.2 Å². The summed E-state index contributed by atoms with van der Waals surface area (Å²) in [6, 6.07) is 0. The molecule has 0 aromatic carbocycles. The van der Waals surface area contributed by atoms with Crippen molar-refractivity contribution in [2.75, 3.05) is 13.2 Å². The van der Waals surface area contributed by atoms with E-state index in [1.807, 2.05) is 0 Å². The van der Waals surface area contributed by atoms with Gasteiger partial charge in [-0.1, -0.05) is 5.11 Å². The Morgan fingerprint density at radius 1 is 1.83 bits per heavy atom. The highest BCUT2D eigenvalue weighted by atomic mass is 19.1. The SMILES string of the molecule is [N-]=[N+]=NCC[19F]. The molecule has 0 atom stereocenters. The van der Waals surface area contributed by atoms with E-state index < -0.39 is 6.67 Å².